The van der Waals surface area contributed by atoms with Crippen molar-refractivity contribution < 1.29 is 18.3 Å². The van der Waals surface area contributed by atoms with Crippen LogP contribution >= 0.6 is 0 Å². The number of aromatic nitrogens is 2. The summed E-state index contributed by atoms with van der Waals surface area (Å²) in [5, 5.41) is 9.43. The first kappa shape index (κ1) is 15.5. The van der Waals surface area contributed by atoms with Crippen LogP contribution in [0.15, 0.2) is 29.4 Å². The van der Waals surface area contributed by atoms with Gasteiger partial charge in [-0.1, -0.05) is 6.92 Å². The van der Waals surface area contributed by atoms with Gasteiger partial charge in [0.2, 0.25) is 10.0 Å². The average molecular weight is 311 g/mol. The Labute approximate surface area is 122 Å². The lowest BCUT2D eigenvalue weighted by Crippen LogP contribution is -2.41. The van der Waals surface area contributed by atoms with Gasteiger partial charge < -0.3 is 10.1 Å². The number of aromatic amines is 1. The highest BCUT2D eigenvalue weighted by molar-refractivity contribution is 7.89. The molecule has 0 aliphatic heterocycles. The fourth-order valence-corrected chi connectivity index (χ4v) is 3.89. The molecule has 0 fully saturated rings. The van der Waals surface area contributed by atoms with E-state index in [1.165, 1.54) is 6.20 Å². The van der Waals surface area contributed by atoms with Crippen LogP contribution in [0.5, 0.6) is 0 Å². The SMILES string of the molecule is CCC(C)N(CC(=O)O)S(=O)(=O)c1c[nH]c2ncccc12. The molecule has 0 saturated carbocycles. The van der Waals surface area contributed by atoms with Crippen molar-refractivity contribution >= 4 is 27.0 Å². The van der Waals surface area contributed by atoms with Crippen molar-refractivity contribution in [2.24, 2.45) is 0 Å². The Morgan fingerprint density at radius 1 is 1.52 bits per heavy atom. The van der Waals surface area contributed by atoms with Gasteiger partial charge in [0.15, 0.2) is 0 Å². The molecule has 0 amide bonds. The maximum atomic E-state index is 12.8. The molecule has 114 valence electrons. The summed E-state index contributed by atoms with van der Waals surface area (Å²) in [6.07, 6.45) is 3.43. The first-order valence-electron chi connectivity index (χ1n) is 6.53. The van der Waals surface area contributed by atoms with Gasteiger partial charge in [-0.25, -0.2) is 13.4 Å². The zero-order valence-electron chi connectivity index (χ0n) is 11.8. The van der Waals surface area contributed by atoms with Crippen LogP contribution in [0, 0.1) is 0 Å². The minimum atomic E-state index is -3.91. The van der Waals surface area contributed by atoms with Crippen LogP contribution in [0.3, 0.4) is 0 Å². The maximum absolute atomic E-state index is 12.8. The molecule has 0 saturated heterocycles. The number of H-pyrrole nitrogens is 1. The number of carboxylic acids is 1. The summed E-state index contributed by atoms with van der Waals surface area (Å²) in [5.41, 5.74) is 0.454. The smallest absolute Gasteiger partial charge is 0.318 e. The van der Waals surface area contributed by atoms with E-state index in [1.54, 1.807) is 25.3 Å². The minimum absolute atomic E-state index is 0.0483. The van der Waals surface area contributed by atoms with Gasteiger partial charge >= 0.3 is 5.97 Å². The average Bonchev–Trinajstić information content (AvgIpc) is 2.88. The van der Waals surface area contributed by atoms with Gasteiger partial charge in [-0.15, -0.1) is 0 Å². The number of hydrogen-bond donors (Lipinski definition) is 2. The van der Waals surface area contributed by atoms with E-state index in [0.717, 1.165) is 4.31 Å². The largest absolute Gasteiger partial charge is 0.480 e. The summed E-state index contributed by atoms with van der Waals surface area (Å²) in [5.74, 6) is -1.18. The Hall–Kier alpha value is -1.93. The predicted octanol–water partition coefficient (Wildman–Crippen LogP) is 1.44. The second-order valence-electron chi connectivity index (χ2n) is 4.75. The quantitative estimate of drug-likeness (QED) is 0.840. The van der Waals surface area contributed by atoms with E-state index in [-0.39, 0.29) is 4.90 Å². The zero-order chi connectivity index (χ0) is 15.6. The highest BCUT2D eigenvalue weighted by Gasteiger charge is 2.32. The van der Waals surface area contributed by atoms with Crippen molar-refractivity contribution in [1.29, 1.82) is 0 Å². The molecule has 0 aliphatic carbocycles. The number of sulfonamides is 1. The van der Waals surface area contributed by atoms with Gasteiger partial charge in [-0.3, -0.25) is 4.79 Å². The summed E-state index contributed by atoms with van der Waals surface area (Å²) in [4.78, 5) is 17.9. The molecule has 0 spiro atoms. The van der Waals surface area contributed by atoms with Crippen LogP contribution in [0.25, 0.3) is 11.0 Å². The summed E-state index contributed by atoms with van der Waals surface area (Å²) in [7, 11) is -3.91. The topological polar surface area (TPSA) is 103 Å². The van der Waals surface area contributed by atoms with Gasteiger partial charge in [0.1, 0.15) is 17.1 Å². The molecule has 2 N–H and O–H groups in total. The molecule has 2 heterocycles. The minimum Gasteiger partial charge on any atom is -0.480 e. The molecule has 0 aliphatic rings. The Morgan fingerprint density at radius 2 is 2.24 bits per heavy atom. The van der Waals surface area contributed by atoms with Gasteiger partial charge in [0, 0.05) is 23.8 Å². The van der Waals surface area contributed by atoms with Crippen LogP contribution in [-0.2, 0) is 14.8 Å². The van der Waals surface area contributed by atoms with Crippen LogP contribution < -0.4 is 0 Å². The second kappa shape index (κ2) is 5.82. The summed E-state index contributed by atoms with van der Waals surface area (Å²) < 4.78 is 26.5. The molecule has 1 unspecified atom stereocenters. The van der Waals surface area contributed by atoms with E-state index in [2.05, 4.69) is 9.97 Å². The number of nitrogens with one attached hydrogen (secondary N) is 1. The molecule has 0 radical (unpaired) electrons. The van der Waals surface area contributed by atoms with Crippen molar-refractivity contribution in [3.63, 3.8) is 0 Å². The lowest BCUT2D eigenvalue weighted by Gasteiger charge is -2.25. The van der Waals surface area contributed by atoms with Gasteiger partial charge in [0.05, 0.1) is 0 Å². The van der Waals surface area contributed by atoms with Crippen LogP contribution in [0.1, 0.15) is 20.3 Å². The number of hydrogen-bond acceptors (Lipinski definition) is 4. The summed E-state index contributed by atoms with van der Waals surface area (Å²) >= 11 is 0. The van der Waals surface area contributed by atoms with Crippen molar-refractivity contribution in [3.05, 3.63) is 24.5 Å². The first-order chi connectivity index (χ1) is 9.87. The van der Waals surface area contributed by atoms with Crippen molar-refractivity contribution in [2.75, 3.05) is 6.54 Å². The number of pyridine rings is 1. The van der Waals surface area contributed by atoms with E-state index in [1.807, 2.05) is 6.92 Å². The molecule has 21 heavy (non-hydrogen) atoms. The molecule has 1 atom stereocenters. The van der Waals surface area contributed by atoms with Crippen molar-refractivity contribution in [3.8, 4) is 0 Å². The van der Waals surface area contributed by atoms with Crippen LogP contribution in [-0.4, -0.2) is 46.4 Å². The standard InChI is InChI=1S/C13H17N3O4S/c1-3-9(2)16(8-12(17)18)21(19,20)11-7-15-13-10(11)5-4-6-14-13/h4-7,9H,3,8H2,1-2H3,(H,14,15)(H,17,18). The molecule has 7 nitrogen and oxygen atoms in total. The zero-order valence-corrected chi connectivity index (χ0v) is 12.6. The Kier molecular flexibility index (Phi) is 4.29. The monoisotopic (exact) mass is 311 g/mol. The lowest BCUT2D eigenvalue weighted by molar-refractivity contribution is -0.137. The molecule has 2 rings (SSSR count). The van der Waals surface area contributed by atoms with E-state index < -0.39 is 28.6 Å². The third kappa shape index (κ3) is 2.91. The summed E-state index contributed by atoms with van der Waals surface area (Å²) in [6, 6.07) is 2.87. The normalized spacial score (nSPS) is 13.7. The molecule has 0 bridgehead atoms. The lowest BCUT2D eigenvalue weighted by atomic mass is 10.2. The number of aliphatic carboxylic acids is 1. The fraction of sp³-hybridized carbons (Fsp3) is 0.385. The first-order valence-corrected chi connectivity index (χ1v) is 7.97. The van der Waals surface area contributed by atoms with Gasteiger partial charge in [0.25, 0.3) is 0 Å². The Morgan fingerprint density at radius 3 is 2.86 bits per heavy atom. The fourth-order valence-electron chi connectivity index (χ4n) is 2.09. The maximum Gasteiger partial charge on any atom is 0.318 e. The van der Waals surface area contributed by atoms with E-state index in [9.17, 15) is 13.2 Å². The number of nitrogens with zero attached hydrogens (tertiary/aromatic N) is 2. The molecular weight excluding hydrogens is 294 g/mol. The molecule has 8 heteroatoms. The number of carbonyl (C=O) groups is 1. The Bertz CT molecular complexity index is 754. The molecule has 2 aromatic rings. The number of rotatable bonds is 6. The van der Waals surface area contributed by atoms with Crippen LogP contribution in [0.4, 0.5) is 0 Å². The number of fused-ring (bicyclic) bond motifs is 1. The third-order valence-corrected chi connectivity index (χ3v) is 5.37. The molecule has 2 aromatic heterocycles. The summed E-state index contributed by atoms with van der Waals surface area (Å²) in [6.45, 7) is 2.93. The molecule has 0 aromatic carbocycles. The van der Waals surface area contributed by atoms with E-state index in [0.29, 0.717) is 17.5 Å². The number of carboxylic acid groups (broad SMARTS) is 1. The van der Waals surface area contributed by atoms with Crippen molar-refractivity contribution in [2.45, 2.75) is 31.2 Å². The second-order valence-corrected chi connectivity index (χ2v) is 6.61. The van der Waals surface area contributed by atoms with Gasteiger partial charge in [-0.05, 0) is 25.5 Å². The third-order valence-electron chi connectivity index (χ3n) is 3.37. The highest BCUT2D eigenvalue weighted by Crippen LogP contribution is 2.26. The van der Waals surface area contributed by atoms with E-state index >= 15 is 0 Å². The van der Waals surface area contributed by atoms with Crippen molar-refractivity contribution in [1.82, 2.24) is 14.3 Å². The molecular formula is C13H17N3O4S. The van der Waals surface area contributed by atoms with Gasteiger partial charge in [-0.2, -0.15) is 4.31 Å². The van der Waals surface area contributed by atoms with Crippen LogP contribution in [0.2, 0.25) is 0 Å². The predicted molar refractivity (Wildman–Crippen MR) is 77.4 cm³/mol. The Balaban J connectivity index is 2.54. The van der Waals surface area contributed by atoms with E-state index in [4.69, 9.17) is 5.11 Å². The highest BCUT2D eigenvalue weighted by atomic mass is 32.2.